The van der Waals surface area contributed by atoms with Crippen molar-refractivity contribution in [2.24, 2.45) is 0 Å². The van der Waals surface area contributed by atoms with Crippen LogP contribution in [0.15, 0.2) is 24.3 Å². The smallest absolute Gasteiger partial charge is 0.159 e. The zero-order valence-electron chi connectivity index (χ0n) is 7.78. The molecule has 3 nitrogen and oxygen atoms in total. The molecule has 0 radical (unpaired) electrons. The number of benzene rings is 1. The van der Waals surface area contributed by atoms with Crippen molar-refractivity contribution in [3.8, 4) is 0 Å². The number of carbonyl (C=O) groups is 1. The Morgan fingerprint density at radius 2 is 2.23 bits per heavy atom. The molecule has 0 saturated carbocycles. The van der Waals surface area contributed by atoms with Crippen LogP contribution in [0, 0.1) is 5.21 Å². The molecule has 0 amide bonds. The lowest BCUT2D eigenvalue weighted by molar-refractivity contribution is 0.101. The molecule has 1 aromatic rings. The average molecular weight is 178 g/mol. The second-order valence-corrected chi connectivity index (χ2v) is 3.04. The van der Waals surface area contributed by atoms with Gasteiger partial charge in [-0.25, -0.2) is 0 Å². The first-order valence-corrected chi connectivity index (χ1v) is 4.08. The van der Waals surface area contributed by atoms with Crippen LogP contribution in [0.25, 0.3) is 0 Å². The molecule has 13 heavy (non-hydrogen) atoms. The van der Waals surface area contributed by atoms with Gasteiger partial charge in [0, 0.05) is 12.1 Å². The first kappa shape index (κ1) is 9.89. The second kappa shape index (κ2) is 4.16. The van der Waals surface area contributed by atoms with Crippen molar-refractivity contribution in [3.63, 3.8) is 0 Å². The van der Waals surface area contributed by atoms with Gasteiger partial charge in [0.15, 0.2) is 5.78 Å². The quantitative estimate of drug-likeness (QED) is 0.523. The molecule has 1 rings (SSSR count). The van der Waals surface area contributed by atoms with Gasteiger partial charge in [-0.15, -0.1) is 0 Å². The highest BCUT2D eigenvalue weighted by Crippen LogP contribution is 2.07. The molecule has 0 atom stereocenters. The van der Waals surface area contributed by atoms with Gasteiger partial charge in [-0.3, -0.25) is 4.79 Å². The summed E-state index contributed by atoms with van der Waals surface area (Å²) in [6.45, 7) is 1.83. The van der Waals surface area contributed by atoms with Gasteiger partial charge in [0.2, 0.25) is 0 Å². The molecule has 0 spiro atoms. The maximum atomic E-state index is 11.0. The number of hydroxylamine groups is 2. The summed E-state index contributed by atoms with van der Waals surface area (Å²) in [5.74, 6) is 0.0235. The van der Waals surface area contributed by atoms with Crippen LogP contribution in [0.4, 0.5) is 0 Å². The van der Waals surface area contributed by atoms with Crippen molar-refractivity contribution < 1.29 is 4.79 Å². The van der Waals surface area contributed by atoms with Crippen LogP contribution in [0.2, 0.25) is 0 Å². The first-order valence-electron chi connectivity index (χ1n) is 4.08. The van der Waals surface area contributed by atoms with E-state index in [4.69, 9.17) is 0 Å². The van der Waals surface area contributed by atoms with E-state index in [0.29, 0.717) is 12.1 Å². The van der Waals surface area contributed by atoms with Gasteiger partial charge in [0.1, 0.15) is 0 Å². The van der Waals surface area contributed by atoms with E-state index in [0.717, 1.165) is 10.6 Å². The highest BCUT2D eigenvalue weighted by Gasteiger charge is 1.99. The molecule has 0 aromatic heterocycles. The van der Waals surface area contributed by atoms with Crippen LogP contribution in [0.1, 0.15) is 22.8 Å². The summed E-state index contributed by atoms with van der Waals surface area (Å²) in [4.78, 5) is 11.0. The number of nitrogens with zero attached hydrogens (tertiary/aromatic N) is 1. The second-order valence-electron chi connectivity index (χ2n) is 3.04. The first-order chi connectivity index (χ1) is 6.09. The molecular formula is C10H12NO2-. The Morgan fingerprint density at radius 3 is 2.77 bits per heavy atom. The van der Waals surface area contributed by atoms with Crippen LogP contribution in [-0.2, 0) is 6.54 Å². The molecule has 0 aliphatic rings. The summed E-state index contributed by atoms with van der Waals surface area (Å²) in [6, 6.07) is 7.11. The standard InChI is InChI=1S/C10H12NO2/c1-8(12)10-5-3-4-9(6-10)7-11(2)13/h3-6H,7H2,1-2H3/q-1. The molecule has 1 aromatic carbocycles. The van der Waals surface area contributed by atoms with Gasteiger partial charge in [-0.05, 0) is 25.6 Å². The van der Waals surface area contributed by atoms with Crippen molar-refractivity contribution in [3.05, 3.63) is 40.6 Å². The molecule has 0 heterocycles. The lowest BCUT2D eigenvalue weighted by atomic mass is 10.1. The number of ketones is 1. The third kappa shape index (κ3) is 2.97. The van der Waals surface area contributed by atoms with Crippen molar-refractivity contribution >= 4 is 5.78 Å². The summed E-state index contributed by atoms with van der Waals surface area (Å²) in [6.07, 6.45) is 0. The number of rotatable bonds is 3. The van der Waals surface area contributed by atoms with Crippen LogP contribution in [-0.4, -0.2) is 17.9 Å². The molecular weight excluding hydrogens is 166 g/mol. The third-order valence-corrected chi connectivity index (χ3v) is 1.74. The maximum absolute atomic E-state index is 11.0. The van der Waals surface area contributed by atoms with Crippen molar-refractivity contribution in [1.82, 2.24) is 5.06 Å². The highest BCUT2D eigenvalue weighted by atomic mass is 16.5. The van der Waals surface area contributed by atoms with E-state index in [1.807, 2.05) is 6.07 Å². The Hall–Kier alpha value is -1.19. The van der Waals surface area contributed by atoms with Gasteiger partial charge >= 0.3 is 0 Å². The largest absolute Gasteiger partial charge is 0.785 e. The summed E-state index contributed by atoms with van der Waals surface area (Å²) in [7, 11) is 1.46. The Balaban J connectivity index is 2.85. The minimum absolute atomic E-state index is 0.0235. The average Bonchev–Trinajstić information content (AvgIpc) is 2.03. The molecule has 0 fully saturated rings. The predicted octanol–water partition coefficient (Wildman–Crippen LogP) is 1.82. The van der Waals surface area contributed by atoms with Gasteiger partial charge in [-0.2, -0.15) is 0 Å². The third-order valence-electron chi connectivity index (χ3n) is 1.74. The van der Waals surface area contributed by atoms with Crippen LogP contribution in [0.5, 0.6) is 0 Å². The maximum Gasteiger partial charge on any atom is 0.159 e. The van der Waals surface area contributed by atoms with Gasteiger partial charge in [-0.1, -0.05) is 18.2 Å². The molecule has 0 saturated heterocycles. The monoisotopic (exact) mass is 178 g/mol. The molecule has 70 valence electrons. The molecule has 0 unspecified atom stereocenters. The van der Waals surface area contributed by atoms with Crippen LogP contribution in [0.3, 0.4) is 0 Å². The molecule has 0 aliphatic carbocycles. The van der Waals surface area contributed by atoms with Crippen LogP contribution < -0.4 is 0 Å². The Morgan fingerprint density at radius 1 is 1.54 bits per heavy atom. The normalized spacial score (nSPS) is 10.5. The van der Waals surface area contributed by atoms with E-state index >= 15 is 0 Å². The fraction of sp³-hybridized carbons (Fsp3) is 0.300. The Bertz CT molecular complexity index is 308. The van der Waals surface area contributed by atoms with Crippen molar-refractivity contribution in [2.45, 2.75) is 13.5 Å². The lowest BCUT2D eigenvalue weighted by Gasteiger charge is -2.21. The van der Waals surface area contributed by atoms with Gasteiger partial charge in [0.25, 0.3) is 0 Å². The van der Waals surface area contributed by atoms with E-state index in [2.05, 4.69) is 0 Å². The van der Waals surface area contributed by atoms with Crippen molar-refractivity contribution in [1.29, 1.82) is 0 Å². The van der Waals surface area contributed by atoms with E-state index in [1.54, 1.807) is 18.2 Å². The van der Waals surface area contributed by atoms with E-state index in [1.165, 1.54) is 14.0 Å². The molecule has 0 N–H and O–H groups in total. The highest BCUT2D eigenvalue weighted by molar-refractivity contribution is 5.94. The fourth-order valence-corrected chi connectivity index (χ4v) is 1.15. The zero-order chi connectivity index (χ0) is 9.84. The Labute approximate surface area is 77.6 Å². The fourth-order valence-electron chi connectivity index (χ4n) is 1.15. The SMILES string of the molecule is CC(=O)c1cccc(CN(C)[O-])c1. The number of carbonyl (C=O) groups excluding carboxylic acids is 1. The lowest BCUT2D eigenvalue weighted by Crippen LogP contribution is -2.08. The van der Waals surface area contributed by atoms with E-state index < -0.39 is 0 Å². The summed E-state index contributed by atoms with van der Waals surface area (Å²) >= 11 is 0. The molecule has 0 bridgehead atoms. The minimum Gasteiger partial charge on any atom is -0.785 e. The zero-order valence-corrected chi connectivity index (χ0v) is 7.78. The number of hydrogen-bond acceptors (Lipinski definition) is 3. The topological polar surface area (TPSA) is 43.4 Å². The Kier molecular flexibility index (Phi) is 3.17. The van der Waals surface area contributed by atoms with Crippen molar-refractivity contribution in [2.75, 3.05) is 7.05 Å². The predicted molar refractivity (Wildman–Crippen MR) is 51.3 cm³/mol. The van der Waals surface area contributed by atoms with E-state index in [-0.39, 0.29) is 5.78 Å². The van der Waals surface area contributed by atoms with Gasteiger partial charge in [0.05, 0.1) is 0 Å². The summed E-state index contributed by atoms with van der Waals surface area (Å²) < 4.78 is 0. The van der Waals surface area contributed by atoms with Crippen LogP contribution >= 0.6 is 0 Å². The van der Waals surface area contributed by atoms with E-state index in [9.17, 15) is 10.0 Å². The number of Topliss-reactive ketones (excluding diaryl/α,β-unsaturated/α-hetero) is 1. The molecule has 3 heteroatoms. The van der Waals surface area contributed by atoms with Gasteiger partial charge < -0.3 is 10.3 Å². The number of hydrogen-bond donors (Lipinski definition) is 0. The summed E-state index contributed by atoms with van der Waals surface area (Å²) in [5, 5.41) is 11.6. The summed E-state index contributed by atoms with van der Waals surface area (Å²) in [5.41, 5.74) is 1.52. The molecule has 0 aliphatic heterocycles. The minimum atomic E-state index is 0.0235.